The quantitative estimate of drug-likeness (QED) is 0.595. The number of aryl methyl sites for hydroxylation is 1. The molecule has 2 atom stereocenters. The van der Waals surface area contributed by atoms with Gasteiger partial charge in [0.15, 0.2) is 5.96 Å². The van der Waals surface area contributed by atoms with Crippen LogP contribution in [0.15, 0.2) is 23.2 Å². The van der Waals surface area contributed by atoms with E-state index in [1.54, 1.807) is 13.0 Å². The summed E-state index contributed by atoms with van der Waals surface area (Å²) in [7, 11) is 4.24. The van der Waals surface area contributed by atoms with Crippen molar-refractivity contribution in [1.82, 2.24) is 15.5 Å². The molecule has 0 bridgehead atoms. The van der Waals surface area contributed by atoms with Crippen LogP contribution >= 0.6 is 0 Å². The first-order valence-corrected chi connectivity index (χ1v) is 8.89. The summed E-state index contributed by atoms with van der Waals surface area (Å²) in [5.74, 6) is 1.40. The minimum absolute atomic E-state index is 0.00312. The third kappa shape index (κ3) is 5.20. The van der Waals surface area contributed by atoms with Crippen LogP contribution in [-0.4, -0.2) is 44.1 Å². The highest BCUT2D eigenvalue weighted by molar-refractivity contribution is 5.80. The van der Waals surface area contributed by atoms with Crippen LogP contribution in [-0.2, 0) is 0 Å². The van der Waals surface area contributed by atoms with Gasteiger partial charge in [0.25, 0.3) is 0 Å². The van der Waals surface area contributed by atoms with Crippen LogP contribution in [0.2, 0.25) is 0 Å². The molecule has 2 unspecified atom stereocenters. The molecule has 0 amide bonds. The fourth-order valence-electron chi connectivity index (χ4n) is 2.89. The number of likely N-dealkylation sites (N-methyl/N-ethyl adjacent to an activating group) is 1. The van der Waals surface area contributed by atoms with E-state index in [2.05, 4.69) is 36.6 Å². The maximum atomic E-state index is 13.8. The Morgan fingerprint density at radius 3 is 2.62 bits per heavy atom. The van der Waals surface area contributed by atoms with Crippen LogP contribution in [0.3, 0.4) is 0 Å². The average molecular weight is 334 g/mol. The second kappa shape index (κ2) is 8.47. The number of halogens is 1. The van der Waals surface area contributed by atoms with Gasteiger partial charge < -0.3 is 15.5 Å². The largest absolute Gasteiger partial charge is 0.357 e. The molecule has 0 spiro atoms. The molecule has 2 rings (SSSR count). The molecule has 2 N–H and O–H groups in total. The lowest BCUT2D eigenvalue weighted by Gasteiger charge is -2.24. The third-order valence-electron chi connectivity index (χ3n) is 4.66. The molecule has 5 heteroatoms. The molecule has 24 heavy (non-hydrogen) atoms. The van der Waals surface area contributed by atoms with Crippen LogP contribution in [0.4, 0.5) is 4.39 Å². The van der Waals surface area contributed by atoms with Gasteiger partial charge in [0, 0.05) is 12.6 Å². The van der Waals surface area contributed by atoms with Crippen molar-refractivity contribution >= 4 is 5.96 Å². The first-order chi connectivity index (χ1) is 11.4. The van der Waals surface area contributed by atoms with Crippen LogP contribution in [0.5, 0.6) is 0 Å². The minimum Gasteiger partial charge on any atom is -0.357 e. The van der Waals surface area contributed by atoms with Gasteiger partial charge in [-0.15, -0.1) is 0 Å². The van der Waals surface area contributed by atoms with Crippen LogP contribution in [0, 0.1) is 18.7 Å². The summed E-state index contributed by atoms with van der Waals surface area (Å²) in [4.78, 5) is 7.03. The Morgan fingerprint density at radius 2 is 2.08 bits per heavy atom. The number of hydrogen-bond donors (Lipinski definition) is 2. The Balaban J connectivity index is 2.03. The van der Waals surface area contributed by atoms with Gasteiger partial charge in [-0.1, -0.05) is 12.1 Å². The van der Waals surface area contributed by atoms with Crippen molar-refractivity contribution in [2.75, 3.05) is 27.2 Å². The van der Waals surface area contributed by atoms with Crippen LogP contribution < -0.4 is 10.6 Å². The van der Waals surface area contributed by atoms with Crippen molar-refractivity contribution in [2.24, 2.45) is 10.9 Å². The number of hydrogen-bond acceptors (Lipinski definition) is 2. The topological polar surface area (TPSA) is 39.7 Å². The standard InChI is InChI=1S/C19H31FN4/c1-6-21-19(22-12-18(24(4)5)15-9-10-15)23-14(3)16-8-7-13(2)17(20)11-16/h7-8,11,14-15,18H,6,9-10,12H2,1-5H3,(H2,21,22,23). The van der Waals surface area contributed by atoms with E-state index in [0.29, 0.717) is 11.6 Å². The maximum Gasteiger partial charge on any atom is 0.191 e. The van der Waals surface area contributed by atoms with Crippen molar-refractivity contribution in [3.05, 3.63) is 35.1 Å². The third-order valence-corrected chi connectivity index (χ3v) is 4.66. The van der Waals surface area contributed by atoms with E-state index < -0.39 is 0 Å². The van der Waals surface area contributed by atoms with E-state index in [1.807, 2.05) is 19.1 Å². The molecule has 1 saturated carbocycles. The molecule has 0 aliphatic heterocycles. The molecular weight excluding hydrogens is 303 g/mol. The highest BCUT2D eigenvalue weighted by Gasteiger charge is 2.32. The Hall–Kier alpha value is -1.62. The van der Waals surface area contributed by atoms with Crippen LogP contribution in [0.1, 0.15) is 43.9 Å². The first-order valence-electron chi connectivity index (χ1n) is 8.89. The smallest absolute Gasteiger partial charge is 0.191 e. The van der Waals surface area contributed by atoms with Crippen molar-refractivity contribution in [3.63, 3.8) is 0 Å². The molecule has 1 aromatic carbocycles. The van der Waals surface area contributed by atoms with Gasteiger partial charge in [-0.25, -0.2) is 4.39 Å². The molecule has 0 aromatic heterocycles. The first kappa shape index (κ1) is 18.7. The van der Waals surface area contributed by atoms with E-state index in [4.69, 9.17) is 4.99 Å². The Labute approximate surface area is 145 Å². The second-order valence-corrected chi connectivity index (χ2v) is 6.96. The summed E-state index contributed by atoms with van der Waals surface area (Å²) < 4.78 is 13.8. The number of rotatable bonds is 7. The van der Waals surface area contributed by atoms with E-state index in [1.165, 1.54) is 12.8 Å². The van der Waals surface area contributed by atoms with E-state index in [0.717, 1.165) is 30.5 Å². The number of nitrogens with zero attached hydrogens (tertiary/aromatic N) is 2. The summed E-state index contributed by atoms with van der Waals surface area (Å²) >= 11 is 0. The van der Waals surface area contributed by atoms with E-state index >= 15 is 0 Å². The highest BCUT2D eigenvalue weighted by atomic mass is 19.1. The SMILES string of the molecule is CCNC(=NCC(C1CC1)N(C)C)NC(C)c1ccc(C)c(F)c1. The molecule has 0 saturated heterocycles. The average Bonchev–Trinajstić information content (AvgIpc) is 3.34. The van der Waals surface area contributed by atoms with E-state index in [9.17, 15) is 4.39 Å². The molecular formula is C19H31FN4. The molecule has 1 aromatic rings. The van der Waals surface area contributed by atoms with E-state index in [-0.39, 0.29) is 11.9 Å². The highest BCUT2D eigenvalue weighted by Crippen LogP contribution is 2.34. The van der Waals surface area contributed by atoms with Gasteiger partial charge >= 0.3 is 0 Å². The lowest BCUT2D eigenvalue weighted by atomic mass is 10.1. The van der Waals surface area contributed by atoms with Gasteiger partial charge in [0.1, 0.15) is 5.82 Å². The molecule has 1 aliphatic rings. The van der Waals surface area contributed by atoms with Crippen molar-refractivity contribution in [2.45, 2.75) is 45.7 Å². The lowest BCUT2D eigenvalue weighted by molar-refractivity contribution is 0.271. The van der Waals surface area contributed by atoms with Crippen molar-refractivity contribution < 1.29 is 4.39 Å². The van der Waals surface area contributed by atoms with Gasteiger partial charge in [-0.2, -0.15) is 0 Å². The molecule has 0 radical (unpaired) electrons. The zero-order valence-corrected chi connectivity index (χ0v) is 15.6. The number of guanidine groups is 1. The predicted molar refractivity (Wildman–Crippen MR) is 98.9 cm³/mol. The maximum absolute atomic E-state index is 13.8. The molecule has 1 aliphatic carbocycles. The van der Waals surface area contributed by atoms with Crippen LogP contribution in [0.25, 0.3) is 0 Å². The molecule has 4 nitrogen and oxygen atoms in total. The molecule has 1 fully saturated rings. The molecule has 0 heterocycles. The summed E-state index contributed by atoms with van der Waals surface area (Å²) in [5, 5.41) is 6.68. The number of nitrogens with one attached hydrogen (secondary N) is 2. The van der Waals surface area contributed by atoms with Gasteiger partial charge in [-0.05, 0) is 70.8 Å². The predicted octanol–water partition coefficient (Wildman–Crippen LogP) is 3.09. The van der Waals surface area contributed by atoms with Gasteiger partial charge in [-0.3, -0.25) is 4.99 Å². The Kier molecular flexibility index (Phi) is 6.60. The van der Waals surface area contributed by atoms with Crippen molar-refractivity contribution in [3.8, 4) is 0 Å². The number of aliphatic imine (C=N–C) groups is 1. The monoisotopic (exact) mass is 334 g/mol. The summed E-state index contributed by atoms with van der Waals surface area (Å²) in [6.07, 6.45) is 2.61. The fourth-order valence-corrected chi connectivity index (χ4v) is 2.89. The molecule has 134 valence electrons. The zero-order chi connectivity index (χ0) is 17.7. The van der Waals surface area contributed by atoms with Gasteiger partial charge in [0.05, 0.1) is 12.6 Å². The summed E-state index contributed by atoms with van der Waals surface area (Å²) in [5.41, 5.74) is 1.60. The van der Waals surface area contributed by atoms with Gasteiger partial charge in [0.2, 0.25) is 0 Å². The number of benzene rings is 1. The second-order valence-electron chi connectivity index (χ2n) is 6.96. The Morgan fingerprint density at radius 1 is 1.38 bits per heavy atom. The van der Waals surface area contributed by atoms with Crippen molar-refractivity contribution in [1.29, 1.82) is 0 Å². The zero-order valence-electron chi connectivity index (χ0n) is 15.6. The fraction of sp³-hybridized carbons (Fsp3) is 0.632. The summed E-state index contributed by atoms with van der Waals surface area (Å²) in [6, 6.07) is 5.88. The normalized spacial score (nSPS) is 17.7. The lowest BCUT2D eigenvalue weighted by Crippen LogP contribution is -2.40. The summed E-state index contributed by atoms with van der Waals surface area (Å²) in [6.45, 7) is 7.44. The Bertz CT molecular complexity index is 564. The minimum atomic E-state index is -0.163.